The van der Waals surface area contributed by atoms with Crippen molar-refractivity contribution in [3.05, 3.63) is 0 Å². The number of hydrogen-bond acceptors (Lipinski definition) is 4. The zero-order valence-corrected chi connectivity index (χ0v) is 13.1. The summed E-state index contributed by atoms with van der Waals surface area (Å²) in [7, 11) is 0. The summed E-state index contributed by atoms with van der Waals surface area (Å²) in [4.78, 5) is 35.1. The van der Waals surface area contributed by atoms with Crippen molar-refractivity contribution in [1.82, 2.24) is 10.6 Å². The standard InChI is InChI=1S/C15H26N2O5/c1-8(2)5-6-16-13(18)10(7-9(3)4)17-14(19)11-12(22-11)15(20)21/h8-12H,5-7H2,1-4H3,(H,16,18)(H,17,19)(H,20,21)/i3D3. The van der Waals surface area contributed by atoms with Crippen molar-refractivity contribution < 1.29 is 28.3 Å². The quantitative estimate of drug-likeness (QED) is 0.538. The second-order valence-electron chi connectivity index (χ2n) is 5.99. The van der Waals surface area contributed by atoms with Gasteiger partial charge in [-0.25, -0.2) is 4.79 Å². The Morgan fingerprint density at radius 2 is 1.91 bits per heavy atom. The van der Waals surface area contributed by atoms with E-state index in [1.54, 1.807) is 0 Å². The maximum Gasteiger partial charge on any atom is 0.336 e. The van der Waals surface area contributed by atoms with Crippen molar-refractivity contribution in [3.63, 3.8) is 0 Å². The first-order valence-corrected chi connectivity index (χ1v) is 7.39. The lowest BCUT2D eigenvalue weighted by Crippen LogP contribution is -2.49. The molecule has 4 atom stereocenters. The Morgan fingerprint density at radius 3 is 2.41 bits per heavy atom. The molecule has 0 bridgehead atoms. The number of carboxylic acid groups (broad SMARTS) is 1. The summed E-state index contributed by atoms with van der Waals surface area (Å²) in [6.45, 7) is 3.61. The number of amides is 2. The first kappa shape index (κ1) is 14.0. The average Bonchev–Trinajstić information content (AvgIpc) is 3.25. The van der Waals surface area contributed by atoms with Crippen molar-refractivity contribution in [1.29, 1.82) is 0 Å². The molecule has 0 radical (unpaired) electrons. The summed E-state index contributed by atoms with van der Waals surface area (Å²) < 4.78 is 27.0. The van der Waals surface area contributed by atoms with Gasteiger partial charge in [0.25, 0.3) is 5.91 Å². The first-order valence-electron chi connectivity index (χ1n) is 8.89. The molecule has 1 aliphatic heterocycles. The van der Waals surface area contributed by atoms with E-state index in [-0.39, 0.29) is 6.42 Å². The molecule has 7 heteroatoms. The van der Waals surface area contributed by atoms with E-state index in [9.17, 15) is 14.4 Å². The maximum atomic E-state index is 12.3. The molecule has 0 aromatic heterocycles. The molecule has 0 saturated carbocycles. The Bertz CT molecular complexity index is 510. The zero-order chi connectivity index (χ0) is 19.4. The van der Waals surface area contributed by atoms with Crippen LogP contribution in [0, 0.1) is 11.8 Å². The van der Waals surface area contributed by atoms with Crippen molar-refractivity contribution in [2.45, 2.75) is 58.7 Å². The molecule has 0 aliphatic carbocycles. The fraction of sp³-hybridized carbons (Fsp3) is 0.800. The monoisotopic (exact) mass is 317 g/mol. The van der Waals surface area contributed by atoms with Crippen LogP contribution in [0.15, 0.2) is 0 Å². The van der Waals surface area contributed by atoms with E-state index in [2.05, 4.69) is 10.6 Å². The van der Waals surface area contributed by atoms with E-state index in [0.717, 1.165) is 6.42 Å². The third-order valence-electron chi connectivity index (χ3n) is 3.24. The largest absolute Gasteiger partial charge is 0.479 e. The maximum absolute atomic E-state index is 12.3. The van der Waals surface area contributed by atoms with E-state index >= 15 is 0 Å². The summed E-state index contributed by atoms with van der Waals surface area (Å²) in [6.07, 6.45) is -1.70. The van der Waals surface area contributed by atoms with Crippen molar-refractivity contribution in [2.24, 2.45) is 11.8 Å². The lowest BCUT2D eigenvalue weighted by atomic mass is 10.0. The summed E-state index contributed by atoms with van der Waals surface area (Å²) in [5, 5.41) is 13.9. The highest BCUT2D eigenvalue weighted by atomic mass is 16.6. The predicted molar refractivity (Wildman–Crippen MR) is 80.1 cm³/mol. The van der Waals surface area contributed by atoms with Gasteiger partial charge >= 0.3 is 5.97 Å². The van der Waals surface area contributed by atoms with Gasteiger partial charge in [-0.3, -0.25) is 9.59 Å². The van der Waals surface area contributed by atoms with Gasteiger partial charge in [0.15, 0.2) is 12.2 Å². The first-order chi connectivity index (χ1) is 11.4. The Hall–Kier alpha value is -1.63. The fourth-order valence-electron chi connectivity index (χ4n) is 1.95. The van der Waals surface area contributed by atoms with Gasteiger partial charge in [-0.15, -0.1) is 0 Å². The van der Waals surface area contributed by atoms with E-state index in [1.165, 1.54) is 6.92 Å². The number of rotatable bonds is 9. The lowest BCUT2D eigenvalue weighted by Gasteiger charge is -2.20. The molecule has 4 unspecified atom stereocenters. The van der Waals surface area contributed by atoms with E-state index in [0.29, 0.717) is 12.5 Å². The number of carboxylic acids is 1. The van der Waals surface area contributed by atoms with Gasteiger partial charge in [0.05, 0.1) is 0 Å². The van der Waals surface area contributed by atoms with Crippen molar-refractivity contribution in [2.75, 3.05) is 6.54 Å². The average molecular weight is 317 g/mol. The van der Waals surface area contributed by atoms with Crippen LogP contribution < -0.4 is 10.6 Å². The number of epoxide rings is 1. The summed E-state index contributed by atoms with van der Waals surface area (Å²) >= 11 is 0. The zero-order valence-electron chi connectivity index (χ0n) is 16.1. The number of nitrogens with one attached hydrogen (secondary N) is 2. The fourth-order valence-corrected chi connectivity index (χ4v) is 1.95. The number of carbonyl (C=O) groups excluding carboxylic acids is 2. The van der Waals surface area contributed by atoms with Gasteiger partial charge in [0, 0.05) is 10.7 Å². The highest BCUT2D eigenvalue weighted by Gasteiger charge is 2.51. The van der Waals surface area contributed by atoms with Crippen LogP contribution in [0.3, 0.4) is 0 Å². The molecule has 1 aliphatic rings. The van der Waals surface area contributed by atoms with Gasteiger partial charge in [-0.05, 0) is 24.7 Å². The van der Waals surface area contributed by atoms with E-state index in [1.807, 2.05) is 13.8 Å². The van der Waals surface area contributed by atoms with Crippen LogP contribution in [0.5, 0.6) is 0 Å². The second kappa shape index (κ2) is 8.12. The molecule has 0 spiro atoms. The number of carbonyl (C=O) groups is 3. The summed E-state index contributed by atoms with van der Waals surface area (Å²) in [6, 6.07) is -1.06. The van der Waals surface area contributed by atoms with Crippen LogP contribution in [0.25, 0.3) is 0 Å². The summed E-state index contributed by atoms with van der Waals surface area (Å²) in [5.41, 5.74) is 0. The molecule has 0 aromatic rings. The molecule has 1 heterocycles. The van der Waals surface area contributed by atoms with Crippen molar-refractivity contribution in [3.8, 4) is 0 Å². The molecule has 1 rings (SSSR count). The number of hydrogen-bond donors (Lipinski definition) is 3. The second-order valence-corrected chi connectivity index (χ2v) is 5.99. The molecular formula is C15H26N2O5. The molecule has 126 valence electrons. The van der Waals surface area contributed by atoms with Crippen LogP contribution in [0.2, 0.25) is 0 Å². The molecule has 2 amide bonds. The van der Waals surface area contributed by atoms with Crippen LogP contribution >= 0.6 is 0 Å². The van der Waals surface area contributed by atoms with Crippen LogP contribution in [-0.4, -0.2) is 47.7 Å². The van der Waals surface area contributed by atoms with Crippen LogP contribution in [0.4, 0.5) is 0 Å². The van der Waals surface area contributed by atoms with Gasteiger partial charge in [-0.2, -0.15) is 0 Å². The highest BCUT2D eigenvalue weighted by molar-refractivity contribution is 5.95. The molecule has 1 fully saturated rings. The molecule has 22 heavy (non-hydrogen) atoms. The summed E-state index contributed by atoms with van der Waals surface area (Å²) in [5.74, 6) is -2.91. The molecule has 7 nitrogen and oxygen atoms in total. The minimum absolute atomic E-state index is 0.0831. The predicted octanol–water partition coefficient (Wildman–Crippen LogP) is 0.532. The van der Waals surface area contributed by atoms with Crippen LogP contribution in [-0.2, 0) is 19.1 Å². The normalized spacial score (nSPS) is 25.4. The third kappa shape index (κ3) is 6.01. The third-order valence-corrected chi connectivity index (χ3v) is 3.24. The van der Waals surface area contributed by atoms with Gasteiger partial charge in [0.2, 0.25) is 5.91 Å². The topological polar surface area (TPSA) is 108 Å². The van der Waals surface area contributed by atoms with E-state index in [4.69, 9.17) is 14.0 Å². The van der Waals surface area contributed by atoms with E-state index < -0.39 is 48.8 Å². The minimum Gasteiger partial charge on any atom is -0.479 e. The lowest BCUT2D eigenvalue weighted by molar-refractivity contribution is -0.138. The van der Waals surface area contributed by atoms with Crippen LogP contribution in [0.1, 0.15) is 44.6 Å². The number of aliphatic carboxylic acids is 1. The molecule has 1 saturated heterocycles. The SMILES string of the molecule is [2H]C([2H])([2H])C(C)CC(NC(=O)C1OC1C(=O)O)C(=O)NCCC(C)C. The molecule has 3 N–H and O–H groups in total. The highest BCUT2D eigenvalue weighted by Crippen LogP contribution is 2.22. The van der Waals surface area contributed by atoms with Gasteiger partial charge in [-0.1, -0.05) is 27.6 Å². The Morgan fingerprint density at radius 1 is 1.23 bits per heavy atom. The number of ether oxygens (including phenoxy) is 1. The Kier molecular flexibility index (Phi) is 5.17. The molecule has 0 aromatic carbocycles. The minimum atomic E-state index is -2.26. The molecular weight excluding hydrogens is 288 g/mol. The smallest absolute Gasteiger partial charge is 0.336 e. The van der Waals surface area contributed by atoms with Gasteiger partial charge in [0.1, 0.15) is 6.04 Å². The Balaban J connectivity index is 2.68. The Labute approximate surface area is 135 Å². The van der Waals surface area contributed by atoms with Crippen molar-refractivity contribution >= 4 is 17.8 Å². The van der Waals surface area contributed by atoms with Gasteiger partial charge < -0.3 is 20.5 Å².